The van der Waals surface area contributed by atoms with Crippen molar-refractivity contribution in [3.05, 3.63) is 96.3 Å². The molecule has 5 N–H and O–H groups in total. The molecule has 2 saturated heterocycles. The van der Waals surface area contributed by atoms with Crippen molar-refractivity contribution < 1.29 is 45.5 Å². The summed E-state index contributed by atoms with van der Waals surface area (Å²) in [7, 11) is -7.78. The summed E-state index contributed by atoms with van der Waals surface area (Å²) in [5.74, 6) is -0.00518. The zero-order chi connectivity index (χ0) is 58.4. The first-order valence-corrected chi connectivity index (χ1v) is 30.5. The topological polar surface area (TPSA) is 249 Å². The van der Waals surface area contributed by atoms with E-state index < -0.39 is 42.6 Å². The molecular weight excluding hydrogens is 1110 g/mol. The Hall–Kier alpha value is -6.27. The van der Waals surface area contributed by atoms with Crippen LogP contribution in [-0.4, -0.2) is 86.5 Å². The lowest BCUT2D eigenvalue weighted by atomic mass is 10.1. The maximum atomic E-state index is 13.5. The van der Waals surface area contributed by atoms with E-state index in [0.717, 1.165) is 45.0 Å². The molecule has 0 spiro atoms. The summed E-state index contributed by atoms with van der Waals surface area (Å²) in [5, 5.41) is 4.23. The maximum Gasteiger partial charge on any atom is 0.411 e. The van der Waals surface area contributed by atoms with Crippen molar-refractivity contribution >= 4 is 100 Å². The fourth-order valence-electron chi connectivity index (χ4n) is 8.32. The molecule has 0 unspecified atom stereocenters. The smallest absolute Gasteiger partial charge is 0.411 e. The molecule has 0 bridgehead atoms. The van der Waals surface area contributed by atoms with Crippen molar-refractivity contribution in [2.24, 2.45) is 0 Å². The van der Waals surface area contributed by atoms with E-state index in [2.05, 4.69) is 29.5 Å². The van der Waals surface area contributed by atoms with Crippen LogP contribution >= 0.6 is 34.3 Å². The highest BCUT2D eigenvalue weighted by atomic mass is 35.5. The van der Waals surface area contributed by atoms with Crippen molar-refractivity contribution in [2.75, 3.05) is 33.9 Å². The van der Waals surface area contributed by atoms with Gasteiger partial charge in [-0.2, -0.15) is 0 Å². The summed E-state index contributed by atoms with van der Waals surface area (Å²) in [6, 6.07) is 21.6. The van der Waals surface area contributed by atoms with Crippen LogP contribution in [0.2, 0.25) is 0 Å². The Morgan fingerprint density at radius 1 is 0.646 bits per heavy atom. The molecule has 3 amide bonds. The molecule has 79 heavy (non-hydrogen) atoms. The lowest BCUT2D eigenvalue weighted by molar-refractivity contribution is -0.117. The second kappa shape index (κ2) is 25.5. The van der Waals surface area contributed by atoms with Crippen LogP contribution in [0.25, 0.3) is 42.0 Å². The number of nitrogens with one attached hydrogen (secondary N) is 3. The average Bonchev–Trinajstić information content (AvgIpc) is 4.26. The number of amides is 3. The van der Waals surface area contributed by atoms with Crippen LogP contribution in [0.15, 0.2) is 95.0 Å². The number of rotatable bonds is 13. The number of aromatic nitrogens is 2. The van der Waals surface area contributed by atoms with Crippen molar-refractivity contribution in [1.29, 1.82) is 0 Å². The first kappa shape index (κ1) is 61.9. The van der Waals surface area contributed by atoms with E-state index in [9.17, 15) is 36.0 Å². The van der Waals surface area contributed by atoms with E-state index in [1.165, 1.54) is 22.7 Å². The van der Waals surface area contributed by atoms with E-state index in [1.54, 1.807) is 134 Å². The molecule has 8 rings (SSSR count). The normalized spacial score (nSPS) is 14.0. The van der Waals surface area contributed by atoms with Crippen molar-refractivity contribution in [3.8, 4) is 42.0 Å². The number of nitrogens with two attached hydrogens (primary N) is 1. The molecule has 4 aromatic carbocycles. The number of carbonyl (C=O) groups is 4. The summed E-state index contributed by atoms with van der Waals surface area (Å²) in [4.78, 5) is 60.5. The van der Waals surface area contributed by atoms with Crippen LogP contribution < -0.4 is 30.3 Å². The Morgan fingerprint density at radius 3 is 1.43 bits per heavy atom. The number of aryl methyl sites for hydroxylation is 2. The average molecular weight is 1180 g/mol. The monoisotopic (exact) mass is 1180 g/mol. The minimum absolute atomic E-state index is 0.00803. The second-order valence-electron chi connectivity index (χ2n) is 21.5. The molecule has 2 aromatic heterocycles. The van der Waals surface area contributed by atoms with Gasteiger partial charge in [-0.3, -0.25) is 14.9 Å². The molecule has 0 saturated carbocycles. The molecule has 4 heterocycles. The predicted molar refractivity (Wildman–Crippen MR) is 316 cm³/mol. The summed E-state index contributed by atoms with van der Waals surface area (Å²) < 4.78 is 68.9. The van der Waals surface area contributed by atoms with Gasteiger partial charge in [-0.1, -0.05) is 12.1 Å². The van der Waals surface area contributed by atoms with Gasteiger partial charge in [-0.05, 0) is 168 Å². The van der Waals surface area contributed by atoms with E-state index >= 15 is 0 Å². The largest absolute Gasteiger partial charge is 0.451 e. The highest BCUT2D eigenvalue weighted by Gasteiger charge is 2.31. The predicted octanol–water partition coefficient (Wildman–Crippen LogP) is 12.3. The summed E-state index contributed by atoms with van der Waals surface area (Å²) in [6.07, 6.45) is 4.94. The molecule has 2 aliphatic heterocycles. The van der Waals surface area contributed by atoms with Gasteiger partial charge in [0.05, 0.1) is 31.8 Å². The van der Waals surface area contributed by atoms with Crippen LogP contribution in [-0.2, 0) is 39.1 Å². The number of nitrogen functional groups attached to an aromatic ring is 1. The lowest BCUT2D eigenvalue weighted by Gasteiger charge is -2.23. The number of sulfonamides is 2. The number of nitrogens with zero attached hydrogens (tertiary/aromatic N) is 4. The zero-order valence-electron chi connectivity index (χ0n) is 46.4. The third kappa shape index (κ3) is 16.9. The number of anilines is 4. The van der Waals surface area contributed by atoms with E-state index in [0.29, 0.717) is 69.7 Å². The molecule has 18 nitrogen and oxygen atoms in total. The Balaban J connectivity index is 0.000000230. The summed E-state index contributed by atoms with van der Waals surface area (Å²) in [5.41, 5.74) is 11.0. The van der Waals surface area contributed by atoms with Crippen LogP contribution in [0.5, 0.6) is 0 Å². The Bertz CT molecular complexity index is 3460. The second-order valence-corrected chi connectivity index (χ2v) is 27.2. The molecule has 424 valence electrons. The lowest BCUT2D eigenvalue weighted by Crippen LogP contribution is -2.40. The summed E-state index contributed by atoms with van der Waals surface area (Å²) in [6.45, 7) is 22.8. The number of carbonyl (C=O) groups excluding carboxylic acids is 4. The molecule has 6 aromatic rings. The van der Waals surface area contributed by atoms with Crippen molar-refractivity contribution in [1.82, 2.24) is 19.4 Å². The van der Waals surface area contributed by atoms with Gasteiger partial charge in [0.2, 0.25) is 31.9 Å². The van der Waals surface area contributed by atoms with E-state index in [1.807, 2.05) is 44.2 Å². The number of hydrogen-bond acceptors (Lipinski definition) is 15. The number of halogens is 1. The molecule has 23 heteroatoms. The van der Waals surface area contributed by atoms with Crippen LogP contribution in [0.1, 0.15) is 106 Å². The molecule has 0 radical (unpaired) electrons. The Kier molecular flexibility index (Phi) is 20.0. The minimum atomic E-state index is -3.92. The Labute approximate surface area is 476 Å². The van der Waals surface area contributed by atoms with Crippen molar-refractivity contribution in [3.63, 3.8) is 0 Å². The van der Waals surface area contributed by atoms with Gasteiger partial charge in [-0.15, -0.1) is 22.7 Å². The third-order valence-electron chi connectivity index (χ3n) is 11.6. The van der Waals surface area contributed by atoms with Gasteiger partial charge in [-0.25, -0.2) is 45.8 Å². The first-order valence-electron chi connectivity index (χ1n) is 25.5. The standard InChI is InChI=1S/C28H34N4O5S2.C24H28N4O3S2.C4H7ClO2/c1-17(2)37-27(34)30-22-12-9-19(14-18(22)3)26-29-16-23(38-26)21-11-10-20(32-13-7-8-25(32)33)15-24(21)39(35,36)31-28(4,5)6;1-15-12-16(7-10-19(15)25)23-26-14-20(32-23)18-9-8-17(28-11-5-6-22(28)29)13-21(18)33(30,31)27-24(2,3)4;1-3(2)7-4(5)6/h9-12,14-17,31H,7-8,13H2,1-6H3,(H,30,34);7-10,12-14,27H,5-6,11,25H2,1-4H3;3H,1-2H3. The van der Waals surface area contributed by atoms with Gasteiger partial charge >= 0.3 is 11.5 Å². The highest BCUT2D eigenvalue weighted by Crippen LogP contribution is 2.41. The van der Waals surface area contributed by atoms with Crippen LogP contribution in [0.4, 0.5) is 32.3 Å². The molecule has 0 aliphatic carbocycles. The van der Waals surface area contributed by atoms with E-state index in [-0.39, 0.29) is 33.8 Å². The molecular formula is C56H69ClN8O10S4. The fraction of sp³-hybridized carbons (Fsp3) is 0.393. The van der Waals surface area contributed by atoms with Crippen molar-refractivity contribution in [2.45, 2.75) is 142 Å². The summed E-state index contributed by atoms with van der Waals surface area (Å²) >= 11 is 7.59. The molecule has 2 aliphatic rings. The van der Waals surface area contributed by atoms with Gasteiger partial charge in [0, 0.05) is 106 Å². The third-order valence-corrected chi connectivity index (χ3v) is 17.4. The van der Waals surface area contributed by atoms with Gasteiger partial charge < -0.3 is 25.0 Å². The molecule has 0 atom stereocenters. The van der Waals surface area contributed by atoms with Crippen LogP contribution in [0.3, 0.4) is 0 Å². The van der Waals surface area contributed by atoms with Crippen LogP contribution in [0, 0.1) is 13.8 Å². The number of ether oxygens (including phenoxy) is 2. The van der Waals surface area contributed by atoms with E-state index in [4.69, 9.17) is 22.1 Å². The SMILES string of the molecule is CC(C)OC(=O)Cl.Cc1cc(-c2ncc(-c3ccc(N4CCCC4=O)cc3S(=O)(=O)NC(C)(C)C)s2)ccc1N.Cc1cc(-c2ncc(-c3ccc(N4CCCC4=O)cc3S(=O)(=O)NC(C)(C)C)s2)ccc1NC(=O)OC(C)C. The Morgan fingerprint density at radius 2 is 1.08 bits per heavy atom. The van der Waals surface area contributed by atoms with Gasteiger partial charge in [0.15, 0.2) is 0 Å². The molecule has 2 fully saturated rings. The highest BCUT2D eigenvalue weighted by molar-refractivity contribution is 7.90. The van der Waals surface area contributed by atoms with Gasteiger partial charge in [0.1, 0.15) is 10.0 Å². The number of hydrogen-bond donors (Lipinski definition) is 4. The zero-order valence-corrected chi connectivity index (χ0v) is 50.5. The first-order chi connectivity index (χ1) is 36.8. The van der Waals surface area contributed by atoms with Gasteiger partial charge in [0.25, 0.3) is 0 Å². The minimum Gasteiger partial charge on any atom is -0.451 e. The number of benzene rings is 4. The quantitative estimate of drug-likeness (QED) is 0.0621. The number of thiazole rings is 2. The maximum absolute atomic E-state index is 13.5. The fourth-order valence-corrected chi connectivity index (χ4v) is 13.8.